The molecule has 4 heteroatoms. The van der Waals surface area contributed by atoms with Crippen LogP contribution in [0.1, 0.15) is 18.4 Å². The first kappa shape index (κ1) is 12.8. The van der Waals surface area contributed by atoms with Crippen LogP contribution >= 0.6 is 0 Å². The summed E-state index contributed by atoms with van der Waals surface area (Å²) in [4.78, 5) is 4.26. The Morgan fingerprint density at radius 3 is 2.83 bits per heavy atom. The average molecular weight is 247 g/mol. The quantitative estimate of drug-likeness (QED) is 0.803. The molecule has 0 aliphatic carbocycles. The van der Waals surface area contributed by atoms with E-state index in [0.717, 1.165) is 25.9 Å². The Balaban J connectivity index is 2.19. The number of piperidine rings is 1. The van der Waals surface area contributed by atoms with Crippen LogP contribution in [0.4, 0.5) is 10.1 Å². The highest BCUT2D eigenvalue weighted by Crippen LogP contribution is 2.25. The van der Waals surface area contributed by atoms with Crippen LogP contribution in [0, 0.1) is 17.1 Å². The zero-order valence-electron chi connectivity index (χ0n) is 10.9. The fraction of sp³-hybridized carbons (Fsp3) is 0.500. The normalized spacial score (nSPS) is 19.9. The molecule has 1 saturated heterocycles. The van der Waals surface area contributed by atoms with Crippen molar-refractivity contribution in [3.05, 3.63) is 29.6 Å². The van der Waals surface area contributed by atoms with Crippen LogP contribution in [-0.4, -0.2) is 38.1 Å². The summed E-state index contributed by atoms with van der Waals surface area (Å²) in [5.74, 6) is -0.298. The molecule has 1 atom stereocenters. The van der Waals surface area contributed by atoms with Gasteiger partial charge >= 0.3 is 0 Å². The molecule has 0 amide bonds. The number of hydrogen-bond acceptors (Lipinski definition) is 3. The maximum Gasteiger partial charge on any atom is 0.147 e. The van der Waals surface area contributed by atoms with Gasteiger partial charge in [0.2, 0.25) is 0 Å². The number of nitriles is 1. The number of anilines is 1. The molecule has 0 aromatic heterocycles. The van der Waals surface area contributed by atoms with Crippen LogP contribution < -0.4 is 4.90 Å². The molecule has 0 radical (unpaired) electrons. The molecule has 1 aliphatic rings. The lowest BCUT2D eigenvalue weighted by Crippen LogP contribution is -2.45. The summed E-state index contributed by atoms with van der Waals surface area (Å²) in [6.45, 7) is 1.73. The van der Waals surface area contributed by atoms with E-state index in [2.05, 4.69) is 23.9 Å². The maximum absolute atomic E-state index is 13.9. The standard InChI is InChI=1S/C14H18FN3/c1-17(2)12-4-3-7-18(10-12)14-6-5-11(9-16)8-13(14)15/h5-6,8,12H,3-4,7,10H2,1-2H3. The highest BCUT2D eigenvalue weighted by Gasteiger charge is 2.23. The van der Waals surface area contributed by atoms with Gasteiger partial charge < -0.3 is 9.80 Å². The van der Waals surface area contributed by atoms with Gasteiger partial charge in [0, 0.05) is 19.1 Å². The van der Waals surface area contributed by atoms with E-state index in [1.165, 1.54) is 6.07 Å². The number of hydrogen-bond donors (Lipinski definition) is 0. The smallest absolute Gasteiger partial charge is 0.147 e. The molecule has 1 aromatic rings. The van der Waals surface area contributed by atoms with Crippen LogP contribution in [0.15, 0.2) is 18.2 Å². The Hall–Kier alpha value is -1.60. The second-order valence-corrected chi connectivity index (χ2v) is 4.98. The first-order valence-electron chi connectivity index (χ1n) is 6.23. The van der Waals surface area contributed by atoms with Gasteiger partial charge in [-0.3, -0.25) is 0 Å². The van der Waals surface area contributed by atoms with Crippen molar-refractivity contribution in [2.24, 2.45) is 0 Å². The number of nitrogens with zero attached hydrogens (tertiary/aromatic N) is 3. The van der Waals surface area contributed by atoms with Crippen molar-refractivity contribution >= 4 is 5.69 Å². The van der Waals surface area contributed by atoms with Gasteiger partial charge in [0.05, 0.1) is 17.3 Å². The van der Waals surface area contributed by atoms with Crippen molar-refractivity contribution in [2.75, 3.05) is 32.1 Å². The predicted molar refractivity (Wildman–Crippen MR) is 70.0 cm³/mol. The molecule has 0 N–H and O–H groups in total. The van der Waals surface area contributed by atoms with Crippen molar-refractivity contribution in [1.29, 1.82) is 5.26 Å². The fourth-order valence-electron chi connectivity index (χ4n) is 2.43. The van der Waals surface area contributed by atoms with Crippen molar-refractivity contribution in [3.8, 4) is 6.07 Å². The second kappa shape index (κ2) is 5.36. The highest BCUT2D eigenvalue weighted by molar-refractivity contribution is 5.51. The van der Waals surface area contributed by atoms with Crippen LogP contribution in [0.2, 0.25) is 0 Å². The van der Waals surface area contributed by atoms with Crippen molar-refractivity contribution < 1.29 is 4.39 Å². The van der Waals surface area contributed by atoms with Gasteiger partial charge in [-0.05, 0) is 45.1 Å². The Morgan fingerprint density at radius 2 is 2.22 bits per heavy atom. The molecule has 3 nitrogen and oxygen atoms in total. The van der Waals surface area contributed by atoms with Crippen LogP contribution in [-0.2, 0) is 0 Å². The van der Waals surface area contributed by atoms with E-state index in [9.17, 15) is 4.39 Å². The largest absolute Gasteiger partial charge is 0.368 e. The lowest BCUT2D eigenvalue weighted by Gasteiger charge is -2.37. The highest BCUT2D eigenvalue weighted by atomic mass is 19.1. The minimum Gasteiger partial charge on any atom is -0.368 e. The van der Waals surface area contributed by atoms with Crippen molar-refractivity contribution in [1.82, 2.24) is 4.90 Å². The summed E-state index contributed by atoms with van der Waals surface area (Å²) in [5, 5.41) is 8.74. The predicted octanol–water partition coefficient (Wildman–Crippen LogP) is 2.23. The Morgan fingerprint density at radius 1 is 1.44 bits per heavy atom. The van der Waals surface area contributed by atoms with Crippen LogP contribution in [0.5, 0.6) is 0 Å². The summed E-state index contributed by atoms with van der Waals surface area (Å²) in [5.41, 5.74) is 0.984. The molecule has 1 aromatic carbocycles. The molecular formula is C14H18FN3. The lowest BCUT2D eigenvalue weighted by molar-refractivity contribution is 0.257. The topological polar surface area (TPSA) is 30.3 Å². The molecule has 0 saturated carbocycles. The third kappa shape index (κ3) is 2.62. The Kier molecular flexibility index (Phi) is 3.83. The van der Waals surface area contributed by atoms with E-state index >= 15 is 0 Å². The number of likely N-dealkylation sites (N-methyl/N-ethyl adjacent to an activating group) is 1. The van der Waals surface area contributed by atoms with Gasteiger partial charge in [0.15, 0.2) is 0 Å². The van der Waals surface area contributed by atoms with Gasteiger partial charge in [-0.1, -0.05) is 0 Å². The van der Waals surface area contributed by atoms with Crippen LogP contribution in [0.25, 0.3) is 0 Å². The molecule has 0 spiro atoms. The monoisotopic (exact) mass is 247 g/mol. The van der Waals surface area contributed by atoms with Gasteiger partial charge in [-0.25, -0.2) is 4.39 Å². The van der Waals surface area contributed by atoms with E-state index in [4.69, 9.17) is 5.26 Å². The Labute approximate surface area is 107 Å². The summed E-state index contributed by atoms with van der Waals surface area (Å²) in [6.07, 6.45) is 2.23. The summed E-state index contributed by atoms with van der Waals surface area (Å²) < 4.78 is 13.9. The van der Waals surface area contributed by atoms with Gasteiger partial charge in [-0.2, -0.15) is 5.26 Å². The average Bonchev–Trinajstić information content (AvgIpc) is 2.38. The van der Waals surface area contributed by atoms with Crippen molar-refractivity contribution in [3.63, 3.8) is 0 Å². The van der Waals surface area contributed by atoms with Gasteiger partial charge in [0.25, 0.3) is 0 Å². The van der Waals surface area contributed by atoms with E-state index in [-0.39, 0.29) is 5.82 Å². The van der Waals surface area contributed by atoms with E-state index in [1.54, 1.807) is 12.1 Å². The van der Waals surface area contributed by atoms with Crippen LogP contribution in [0.3, 0.4) is 0 Å². The fourth-order valence-corrected chi connectivity index (χ4v) is 2.43. The Bertz CT molecular complexity index is 465. The maximum atomic E-state index is 13.9. The van der Waals surface area contributed by atoms with E-state index in [1.807, 2.05) is 6.07 Å². The van der Waals surface area contributed by atoms with Gasteiger partial charge in [0.1, 0.15) is 5.82 Å². The summed E-state index contributed by atoms with van der Waals surface area (Å²) in [6, 6.07) is 7.13. The SMILES string of the molecule is CN(C)C1CCCN(c2ccc(C#N)cc2F)C1. The zero-order valence-corrected chi connectivity index (χ0v) is 10.9. The molecule has 96 valence electrons. The zero-order chi connectivity index (χ0) is 13.1. The second-order valence-electron chi connectivity index (χ2n) is 4.98. The molecule has 1 unspecified atom stereocenters. The minimum absolute atomic E-state index is 0.298. The van der Waals surface area contributed by atoms with Gasteiger partial charge in [-0.15, -0.1) is 0 Å². The van der Waals surface area contributed by atoms with E-state index < -0.39 is 0 Å². The number of rotatable bonds is 2. The lowest BCUT2D eigenvalue weighted by atomic mass is 10.0. The summed E-state index contributed by atoms with van der Waals surface area (Å²) in [7, 11) is 4.12. The minimum atomic E-state index is -0.298. The van der Waals surface area contributed by atoms with Crippen molar-refractivity contribution in [2.45, 2.75) is 18.9 Å². The third-order valence-corrected chi connectivity index (χ3v) is 3.54. The molecule has 2 rings (SSSR count). The third-order valence-electron chi connectivity index (χ3n) is 3.54. The van der Waals surface area contributed by atoms with E-state index in [0.29, 0.717) is 17.3 Å². The first-order chi connectivity index (χ1) is 8.61. The molecule has 1 aliphatic heterocycles. The first-order valence-corrected chi connectivity index (χ1v) is 6.23. The molecular weight excluding hydrogens is 229 g/mol. The molecule has 0 bridgehead atoms. The molecule has 1 fully saturated rings. The summed E-state index contributed by atoms with van der Waals surface area (Å²) >= 11 is 0. The number of halogens is 1. The molecule has 18 heavy (non-hydrogen) atoms. The number of benzene rings is 1. The molecule has 1 heterocycles.